The van der Waals surface area contributed by atoms with Crippen molar-refractivity contribution in [2.24, 2.45) is 0 Å². The number of para-hydroxylation sites is 1. The number of hydrogen-bond donors (Lipinski definition) is 0. The minimum absolute atomic E-state index is 0.242. The molecule has 0 radical (unpaired) electrons. The number of methoxy groups -OCH3 is 1. The fourth-order valence-corrected chi connectivity index (χ4v) is 2.72. The zero-order chi connectivity index (χ0) is 16.8. The zero-order valence-electron chi connectivity index (χ0n) is 14.2. The van der Waals surface area contributed by atoms with Crippen molar-refractivity contribution >= 4 is 0 Å². The summed E-state index contributed by atoms with van der Waals surface area (Å²) in [4.78, 5) is 0. The van der Waals surface area contributed by atoms with Crippen LogP contribution in [0, 0.1) is 32.1 Å². The molecule has 2 aromatic rings. The average molecular weight is 309 g/mol. The second-order valence-corrected chi connectivity index (χ2v) is 5.79. The molecule has 120 valence electrons. The third-order valence-electron chi connectivity index (χ3n) is 3.98. The van der Waals surface area contributed by atoms with E-state index in [1.54, 1.807) is 7.11 Å². The van der Waals surface area contributed by atoms with Gasteiger partial charge in [0, 0.05) is 12.0 Å². The van der Waals surface area contributed by atoms with Crippen LogP contribution in [0.1, 0.15) is 34.6 Å². The minimum atomic E-state index is -0.242. The van der Waals surface area contributed by atoms with Crippen LogP contribution in [0.4, 0.5) is 0 Å². The van der Waals surface area contributed by atoms with Crippen molar-refractivity contribution in [1.82, 2.24) is 0 Å². The number of rotatable bonds is 6. The van der Waals surface area contributed by atoms with Gasteiger partial charge in [-0.25, -0.2) is 0 Å². The predicted octanol–water partition coefficient (Wildman–Crippen LogP) is 4.70. The van der Waals surface area contributed by atoms with Gasteiger partial charge in [-0.15, -0.1) is 0 Å². The molecule has 0 N–H and O–H groups in total. The highest BCUT2D eigenvalue weighted by molar-refractivity contribution is 5.42. The van der Waals surface area contributed by atoms with Crippen molar-refractivity contribution < 1.29 is 9.47 Å². The van der Waals surface area contributed by atoms with E-state index in [4.69, 9.17) is 9.47 Å². The van der Waals surface area contributed by atoms with Gasteiger partial charge in [0.15, 0.2) is 0 Å². The van der Waals surface area contributed by atoms with E-state index in [0.29, 0.717) is 13.0 Å². The van der Waals surface area contributed by atoms with Gasteiger partial charge in [-0.2, -0.15) is 5.26 Å². The molecular formula is C20H23NO2. The summed E-state index contributed by atoms with van der Waals surface area (Å²) in [5, 5.41) is 9.54. The van der Waals surface area contributed by atoms with Crippen LogP contribution in [-0.4, -0.2) is 13.7 Å². The maximum atomic E-state index is 9.54. The Morgan fingerprint density at radius 1 is 1.09 bits per heavy atom. The summed E-state index contributed by atoms with van der Waals surface area (Å²) in [6.45, 7) is 6.59. The van der Waals surface area contributed by atoms with Gasteiger partial charge in [-0.1, -0.05) is 35.9 Å². The lowest BCUT2D eigenvalue weighted by Crippen LogP contribution is -2.07. The Labute approximate surface area is 138 Å². The molecule has 0 spiro atoms. The number of benzene rings is 2. The fraction of sp³-hybridized carbons (Fsp3) is 0.350. The summed E-state index contributed by atoms with van der Waals surface area (Å²) in [6, 6.07) is 14.4. The van der Waals surface area contributed by atoms with E-state index in [0.717, 1.165) is 33.8 Å². The summed E-state index contributed by atoms with van der Waals surface area (Å²) in [6.07, 6.45) is 0.629. The van der Waals surface area contributed by atoms with E-state index in [-0.39, 0.29) is 5.92 Å². The Bertz CT molecular complexity index is 696. The molecule has 0 saturated carbocycles. The smallest absolute Gasteiger partial charge is 0.125 e. The molecule has 0 aliphatic carbocycles. The third kappa shape index (κ3) is 4.04. The summed E-state index contributed by atoms with van der Waals surface area (Å²) >= 11 is 0. The van der Waals surface area contributed by atoms with Crippen LogP contribution in [0.25, 0.3) is 0 Å². The zero-order valence-corrected chi connectivity index (χ0v) is 14.2. The maximum absolute atomic E-state index is 9.54. The molecule has 0 heterocycles. The van der Waals surface area contributed by atoms with Crippen molar-refractivity contribution in [1.29, 1.82) is 5.26 Å². The highest BCUT2D eigenvalue weighted by Crippen LogP contribution is 2.30. The molecule has 1 unspecified atom stereocenters. The van der Waals surface area contributed by atoms with E-state index in [1.165, 1.54) is 0 Å². The molecule has 23 heavy (non-hydrogen) atoms. The molecule has 1 atom stereocenters. The van der Waals surface area contributed by atoms with Gasteiger partial charge >= 0.3 is 0 Å². The second kappa shape index (κ2) is 7.69. The van der Waals surface area contributed by atoms with Crippen LogP contribution >= 0.6 is 0 Å². The standard InChI is InChI=1S/C20H23NO2/c1-14-8-9-19(22-4)18(12-14)17(13-21)10-11-23-20-15(2)6-5-7-16(20)3/h5-9,12,17H,10-11H2,1-4H3. The largest absolute Gasteiger partial charge is 0.496 e. The number of nitrogens with zero attached hydrogens (tertiary/aromatic N) is 1. The van der Waals surface area contributed by atoms with E-state index in [9.17, 15) is 5.26 Å². The van der Waals surface area contributed by atoms with E-state index in [2.05, 4.69) is 6.07 Å². The first kappa shape index (κ1) is 16.9. The van der Waals surface area contributed by atoms with Crippen molar-refractivity contribution in [2.75, 3.05) is 13.7 Å². The van der Waals surface area contributed by atoms with Crippen molar-refractivity contribution in [3.8, 4) is 17.6 Å². The SMILES string of the molecule is COc1ccc(C)cc1C(C#N)CCOc1c(C)cccc1C. The normalized spacial score (nSPS) is 11.6. The molecule has 0 aliphatic rings. The van der Waals surface area contributed by atoms with Gasteiger partial charge < -0.3 is 9.47 Å². The lowest BCUT2D eigenvalue weighted by molar-refractivity contribution is 0.300. The van der Waals surface area contributed by atoms with E-state index in [1.807, 2.05) is 57.2 Å². The first-order valence-electron chi connectivity index (χ1n) is 7.80. The van der Waals surface area contributed by atoms with Gasteiger partial charge in [0.05, 0.1) is 25.7 Å². The van der Waals surface area contributed by atoms with Crippen LogP contribution in [0.2, 0.25) is 0 Å². The summed E-state index contributed by atoms with van der Waals surface area (Å²) in [5.41, 5.74) is 4.29. The maximum Gasteiger partial charge on any atom is 0.125 e. The van der Waals surface area contributed by atoms with Crippen LogP contribution in [0.15, 0.2) is 36.4 Å². The van der Waals surface area contributed by atoms with Gasteiger partial charge in [-0.3, -0.25) is 0 Å². The van der Waals surface area contributed by atoms with Crippen molar-refractivity contribution in [2.45, 2.75) is 33.1 Å². The van der Waals surface area contributed by atoms with E-state index < -0.39 is 0 Å². The highest BCUT2D eigenvalue weighted by Gasteiger charge is 2.16. The highest BCUT2D eigenvalue weighted by atomic mass is 16.5. The summed E-state index contributed by atoms with van der Waals surface area (Å²) in [7, 11) is 1.63. The minimum Gasteiger partial charge on any atom is -0.496 e. The van der Waals surface area contributed by atoms with Crippen LogP contribution in [0.3, 0.4) is 0 Å². The van der Waals surface area contributed by atoms with Crippen molar-refractivity contribution in [3.63, 3.8) is 0 Å². The molecule has 0 aromatic heterocycles. The molecule has 3 nitrogen and oxygen atoms in total. The first-order valence-corrected chi connectivity index (χ1v) is 7.80. The molecule has 3 heteroatoms. The Morgan fingerprint density at radius 2 is 1.78 bits per heavy atom. The number of hydrogen-bond acceptors (Lipinski definition) is 3. The fourth-order valence-electron chi connectivity index (χ4n) is 2.72. The first-order chi connectivity index (χ1) is 11.1. The quantitative estimate of drug-likeness (QED) is 0.777. The Hall–Kier alpha value is -2.47. The number of aryl methyl sites for hydroxylation is 3. The predicted molar refractivity (Wildman–Crippen MR) is 92.1 cm³/mol. The molecule has 0 bridgehead atoms. The van der Waals surface area contributed by atoms with Crippen LogP contribution < -0.4 is 9.47 Å². The molecule has 2 aromatic carbocycles. The van der Waals surface area contributed by atoms with Crippen LogP contribution in [-0.2, 0) is 0 Å². The van der Waals surface area contributed by atoms with Gasteiger partial charge in [0.25, 0.3) is 0 Å². The topological polar surface area (TPSA) is 42.2 Å². The molecule has 0 aliphatic heterocycles. The summed E-state index contributed by atoms with van der Waals surface area (Å²) < 4.78 is 11.3. The molecule has 2 rings (SSSR count). The third-order valence-corrected chi connectivity index (χ3v) is 3.98. The van der Waals surface area contributed by atoms with Gasteiger partial charge in [-0.05, 0) is 38.0 Å². The monoisotopic (exact) mass is 309 g/mol. The molecular weight excluding hydrogens is 286 g/mol. The number of nitriles is 1. The van der Waals surface area contributed by atoms with Gasteiger partial charge in [0.2, 0.25) is 0 Å². The van der Waals surface area contributed by atoms with Gasteiger partial charge in [0.1, 0.15) is 11.5 Å². The lowest BCUT2D eigenvalue weighted by Gasteiger charge is -2.16. The molecule has 0 saturated heterocycles. The Morgan fingerprint density at radius 3 is 2.39 bits per heavy atom. The lowest BCUT2D eigenvalue weighted by atomic mass is 9.95. The Balaban J connectivity index is 2.10. The number of ether oxygens (including phenoxy) is 2. The van der Waals surface area contributed by atoms with Crippen molar-refractivity contribution in [3.05, 3.63) is 58.7 Å². The van der Waals surface area contributed by atoms with Crippen LogP contribution in [0.5, 0.6) is 11.5 Å². The molecule has 0 amide bonds. The second-order valence-electron chi connectivity index (χ2n) is 5.79. The molecule has 0 fully saturated rings. The summed E-state index contributed by atoms with van der Waals surface area (Å²) in [5.74, 6) is 1.43. The Kier molecular flexibility index (Phi) is 5.65. The average Bonchev–Trinajstić information content (AvgIpc) is 2.54. The van der Waals surface area contributed by atoms with E-state index >= 15 is 0 Å².